The number of amides is 1. The van der Waals surface area contributed by atoms with Gasteiger partial charge in [-0.15, -0.1) is 0 Å². The first-order valence-corrected chi connectivity index (χ1v) is 9.23. The number of alkyl halides is 3. The predicted octanol–water partition coefficient (Wildman–Crippen LogP) is 3.63. The van der Waals surface area contributed by atoms with E-state index in [0.717, 1.165) is 25.7 Å². The molecule has 0 saturated heterocycles. The predicted molar refractivity (Wildman–Crippen MR) is 86.7 cm³/mol. The number of rotatable bonds is 4. The first-order chi connectivity index (χ1) is 12.3. The average molecular weight is 374 g/mol. The zero-order valence-electron chi connectivity index (χ0n) is 14.7. The van der Waals surface area contributed by atoms with Gasteiger partial charge in [-0.25, -0.2) is 0 Å². The Bertz CT molecular complexity index is 549. The van der Waals surface area contributed by atoms with Crippen LogP contribution in [-0.4, -0.2) is 30.2 Å². The molecule has 0 aromatic heterocycles. The summed E-state index contributed by atoms with van der Waals surface area (Å²) in [5.41, 5.74) is -0.973. The van der Waals surface area contributed by atoms with E-state index in [4.69, 9.17) is 4.74 Å². The van der Waals surface area contributed by atoms with Crippen LogP contribution in [0.4, 0.5) is 13.2 Å². The maximum absolute atomic E-state index is 13.1. The van der Waals surface area contributed by atoms with Crippen molar-refractivity contribution in [2.24, 2.45) is 11.8 Å². The molecule has 2 atom stereocenters. The largest absolute Gasteiger partial charge is 0.455 e. The SMILES string of the molecule is N#CC1(NC(=O)COC(=O)C2CCCCC2C(F)(F)F)CCCCCC1. The van der Waals surface area contributed by atoms with Gasteiger partial charge in [0.05, 0.1) is 17.9 Å². The second kappa shape index (κ2) is 8.74. The van der Waals surface area contributed by atoms with Crippen molar-refractivity contribution in [3.05, 3.63) is 0 Å². The topological polar surface area (TPSA) is 79.2 Å². The van der Waals surface area contributed by atoms with Crippen molar-refractivity contribution in [2.45, 2.75) is 75.9 Å². The first kappa shape index (κ1) is 20.5. The van der Waals surface area contributed by atoms with Gasteiger partial charge in [0, 0.05) is 0 Å². The number of hydrogen-bond donors (Lipinski definition) is 1. The monoisotopic (exact) mass is 374 g/mol. The number of hydrogen-bond acceptors (Lipinski definition) is 4. The zero-order chi connectivity index (χ0) is 19.2. The highest BCUT2D eigenvalue weighted by Crippen LogP contribution is 2.41. The number of nitrogens with one attached hydrogen (secondary N) is 1. The third-order valence-corrected chi connectivity index (χ3v) is 5.38. The molecule has 2 aliphatic rings. The molecule has 26 heavy (non-hydrogen) atoms. The van der Waals surface area contributed by atoms with Gasteiger partial charge in [0.1, 0.15) is 5.54 Å². The minimum absolute atomic E-state index is 0.0903. The highest BCUT2D eigenvalue weighted by molar-refractivity contribution is 5.82. The Morgan fingerprint density at radius 1 is 1.08 bits per heavy atom. The van der Waals surface area contributed by atoms with Crippen LogP contribution in [0.25, 0.3) is 0 Å². The van der Waals surface area contributed by atoms with Gasteiger partial charge in [0.25, 0.3) is 5.91 Å². The second-order valence-electron chi connectivity index (χ2n) is 7.30. The van der Waals surface area contributed by atoms with Gasteiger partial charge in [0.2, 0.25) is 0 Å². The molecule has 0 radical (unpaired) electrons. The van der Waals surface area contributed by atoms with Crippen LogP contribution in [0.3, 0.4) is 0 Å². The van der Waals surface area contributed by atoms with Crippen LogP contribution in [-0.2, 0) is 14.3 Å². The van der Waals surface area contributed by atoms with Crippen LogP contribution in [0.2, 0.25) is 0 Å². The lowest BCUT2D eigenvalue weighted by atomic mass is 9.79. The third-order valence-electron chi connectivity index (χ3n) is 5.38. The summed E-state index contributed by atoms with van der Waals surface area (Å²) in [4.78, 5) is 24.2. The molecular formula is C18H25F3N2O3. The standard InChI is InChI=1S/C18H25F3N2O3/c19-18(20,21)14-8-4-3-7-13(14)16(25)26-11-15(24)23-17(12-22)9-5-1-2-6-10-17/h13-14H,1-11H2,(H,23,24). The van der Waals surface area contributed by atoms with Crippen LogP contribution in [0.5, 0.6) is 0 Å². The molecule has 2 saturated carbocycles. The lowest BCUT2D eigenvalue weighted by Gasteiger charge is -2.31. The molecular weight excluding hydrogens is 349 g/mol. The van der Waals surface area contributed by atoms with Gasteiger partial charge < -0.3 is 10.1 Å². The van der Waals surface area contributed by atoms with Crippen LogP contribution >= 0.6 is 0 Å². The van der Waals surface area contributed by atoms with E-state index in [0.29, 0.717) is 25.7 Å². The highest BCUT2D eigenvalue weighted by atomic mass is 19.4. The molecule has 0 aromatic carbocycles. The molecule has 0 spiro atoms. The molecule has 1 amide bonds. The fraction of sp³-hybridized carbons (Fsp3) is 0.833. The molecule has 8 heteroatoms. The molecule has 2 fully saturated rings. The van der Waals surface area contributed by atoms with Crippen molar-refractivity contribution in [3.63, 3.8) is 0 Å². The minimum atomic E-state index is -4.45. The number of nitriles is 1. The second-order valence-corrected chi connectivity index (χ2v) is 7.30. The number of carbonyl (C=O) groups is 2. The third kappa shape index (κ3) is 5.36. The summed E-state index contributed by atoms with van der Waals surface area (Å²) < 4.78 is 44.1. The van der Waals surface area contributed by atoms with E-state index < -0.39 is 42.0 Å². The molecule has 146 valence electrons. The van der Waals surface area contributed by atoms with E-state index in [2.05, 4.69) is 11.4 Å². The smallest absolute Gasteiger partial charge is 0.392 e. The maximum atomic E-state index is 13.1. The van der Waals surface area contributed by atoms with Crippen molar-refractivity contribution < 1.29 is 27.5 Å². The molecule has 0 aromatic rings. The van der Waals surface area contributed by atoms with Gasteiger partial charge in [-0.1, -0.05) is 38.5 Å². The lowest BCUT2D eigenvalue weighted by molar-refractivity contribution is -0.205. The fourth-order valence-corrected chi connectivity index (χ4v) is 3.95. The van der Waals surface area contributed by atoms with E-state index in [1.165, 1.54) is 0 Å². The number of halogens is 3. The summed E-state index contributed by atoms with van der Waals surface area (Å²) in [5.74, 6) is -4.58. The van der Waals surface area contributed by atoms with E-state index in [-0.39, 0.29) is 12.8 Å². The summed E-state index contributed by atoms with van der Waals surface area (Å²) >= 11 is 0. The van der Waals surface area contributed by atoms with Crippen molar-refractivity contribution in [1.29, 1.82) is 5.26 Å². The van der Waals surface area contributed by atoms with Gasteiger partial charge in [-0.05, 0) is 25.7 Å². The van der Waals surface area contributed by atoms with Crippen LogP contribution < -0.4 is 5.32 Å². The quantitative estimate of drug-likeness (QED) is 0.602. The Hall–Kier alpha value is -1.78. The number of ether oxygens (including phenoxy) is 1. The van der Waals surface area contributed by atoms with E-state index in [1.54, 1.807) is 0 Å². The minimum Gasteiger partial charge on any atom is -0.455 e. The molecule has 0 bridgehead atoms. The fourth-order valence-electron chi connectivity index (χ4n) is 3.95. The van der Waals surface area contributed by atoms with Crippen LogP contribution in [0.15, 0.2) is 0 Å². The Morgan fingerprint density at radius 3 is 2.27 bits per heavy atom. The summed E-state index contributed by atoms with van der Waals surface area (Å²) in [6.45, 7) is -0.649. The Morgan fingerprint density at radius 2 is 1.69 bits per heavy atom. The van der Waals surface area contributed by atoms with Crippen molar-refractivity contribution in [1.82, 2.24) is 5.32 Å². The van der Waals surface area contributed by atoms with Crippen LogP contribution in [0.1, 0.15) is 64.2 Å². The van der Waals surface area contributed by atoms with Crippen LogP contribution in [0, 0.1) is 23.2 Å². The summed E-state index contributed by atoms with van der Waals surface area (Å²) in [5, 5.41) is 12.0. The van der Waals surface area contributed by atoms with Gasteiger partial charge in [-0.2, -0.15) is 18.4 Å². The maximum Gasteiger partial charge on any atom is 0.392 e. The Balaban J connectivity index is 1.89. The summed E-state index contributed by atoms with van der Waals surface area (Å²) in [7, 11) is 0. The molecule has 2 rings (SSSR count). The van der Waals surface area contributed by atoms with Gasteiger partial charge >= 0.3 is 12.1 Å². The van der Waals surface area contributed by atoms with Gasteiger partial charge in [-0.3, -0.25) is 9.59 Å². The normalized spacial score (nSPS) is 26.2. The highest BCUT2D eigenvalue weighted by Gasteiger charge is 2.48. The van der Waals surface area contributed by atoms with Crippen molar-refractivity contribution >= 4 is 11.9 Å². The van der Waals surface area contributed by atoms with Crippen molar-refractivity contribution in [2.75, 3.05) is 6.61 Å². The Labute approximate surface area is 151 Å². The molecule has 2 aliphatic carbocycles. The number of esters is 1. The number of carbonyl (C=O) groups excluding carboxylic acids is 2. The molecule has 2 unspecified atom stereocenters. The zero-order valence-corrected chi connectivity index (χ0v) is 14.7. The molecule has 1 N–H and O–H groups in total. The summed E-state index contributed by atoms with van der Waals surface area (Å²) in [6.07, 6.45) is 1.24. The molecule has 5 nitrogen and oxygen atoms in total. The van der Waals surface area contributed by atoms with E-state index in [9.17, 15) is 28.0 Å². The van der Waals surface area contributed by atoms with Gasteiger partial charge in [0.15, 0.2) is 6.61 Å². The number of nitrogens with zero attached hydrogens (tertiary/aromatic N) is 1. The summed E-state index contributed by atoms with van der Waals surface area (Å²) in [6, 6.07) is 2.15. The van der Waals surface area contributed by atoms with Crippen molar-refractivity contribution in [3.8, 4) is 6.07 Å². The lowest BCUT2D eigenvalue weighted by Crippen LogP contribution is -2.49. The molecule has 0 heterocycles. The molecule has 0 aliphatic heterocycles. The Kier molecular flexibility index (Phi) is 6.90. The van der Waals surface area contributed by atoms with E-state index >= 15 is 0 Å². The average Bonchev–Trinajstić information content (AvgIpc) is 2.85. The first-order valence-electron chi connectivity index (χ1n) is 9.23. The van der Waals surface area contributed by atoms with E-state index in [1.807, 2.05) is 0 Å².